The second-order valence-electron chi connectivity index (χ2n) is 4.66. The average Bonchev–Trinajstić information content (AvgIpc) is 2.26. The highest BCUT2D eigenvalue weighted by atomic mass is 16.4. The van der Waals surface area contributed by atoms with Crippen LogP contribution in [-0.4, -0.2) is 27.7 Å². The summed E-state index contributed by atoms with van der Waals surface area (Å²) in [6, 6.07) is 10.3. The van der Waals surface area contributed by atoms with Gasteiger partial charge in [0.05, 0.1) is 0 Å². The Hall–Kier alpha value is -2.14. The highest BCUT2D eigenvalue weighted by Crippen LogP contribution is 2.08. The number of benzene rings is 1. The molecule has 1 rings (SSSR count). The molecule has 0 atom stereocenters. The molecule has 5 heteroatoms. The largest absolute Gasteiger partial charge is 0.478 e. The van der Waals surface area contributed by atoms with Gasteiger partial charge in [-0.25, -0.2) is 9.59 Å². The molecule has 104 valence electrons. The predicted molar refractivity (Wildman–Crippen MR) is 72.8 cm³/mol. The van der Waals surface area contributed by atoms with Gasteiger partial charge in [0.25, 0.3) is 0 Å². The molecule has 1 aromatic rings. The minimum absolute atomic E-state index is 0.0959. The quantitative estimate of drug-likeness (QED) is 0.719. The molecule has 5 nitrogen and oxygen atoms in total. The molecule has 0 aliphatic carbocycles. The van der Waals surface area contributed by atoms with Gasteiger partial charge < -0.3 is 15.9 Å². The Morgan fingerprint density at radius 3 is 1.84 bits per heavy atom. The summed E-state index contributed by atoms with van der Waals surface area (Å²) in [6.45, 7) is 4.08. The van der Waals surface area contributed by atoms with E-state index in [9.17, 15) is 9.59 Å². The van der Waals surface area contributed by atoms with Crippen LogP contribution in [0.2, 0.25) is 0 Å². The van der Waals surface area contributed by atoms with Gasteiger partial charge in [0.2, 0.25) is 0 Å². The molecule has 0 bridgehead atoms. The van der Waals surface area contributed by atoms with Crippen LogP contribution >= 0.6 is 0 Å². The smallest absolute Gasteiger partial charge is 0.328 e. The number of aliphatic carboxylic acids is 2. The van der Waals surface area contributed by atoms with Crippen LogP contribution in [0.3, 0.4) is 0 Å². The normalized spacial score (nSPS) is 10.7. The van der Waals surface area contributed by atoms with Crippen molar-refractivity contribution in [2.24, 2.45) is 5.73 Å². The summed E-state index contributed by atoms with van der Waals surface area (Å²) in [4.78, 5) is 19.1. The van der Waals surface area contributed by atoms with Gasteiger partial charge in [0, 0.05) is 17.7 Å². The zero-order valence-corrected chi connectivity index (χ0v) is 11.0. The van der Waals surface area contributed by atoms with Crippen molar-refractivity contribution < 1.29 is 19.8 Å². The molecule has 1 aromatic carbocycles. The van der Waals surface area contributed by atoms with Crippen LogP contribution < -0.4 is 5.73 Å². The molecule has 0 amide bonds. The Labute approximate surface area is 112 Å². The Bertz CT molecular complexity index is 417. The molecule has 0 aromatic heterocycles. The molecule has 0 unspecified atom stereocenters. The number of rotatable bonds is 4. The number of carbonyl (C=O) groups is 2. The van der Waals surface area contributed by atoms with Crippen LogP contribution in [0.1, 0.15) is 19.4 Å². The van der Waals surface area contributed by atoms with Crippen molar-refractivity contribution in [3.05, 3.63) is 48.0 Å². The Balaban J connectivity index is 0.000000362. The molecule has 0 radical (unpaired) electrons. The molecule has 0 heterocycles. The van der Waals surface area contributed by atoms with Gasteiger partial charge in [-0.3, -0.25) is 0 Å². The maximum absolute atomic E-state index is 9.55. The van der Waals surface area contributed by atoms with Crippen LogP contribution in [0, 0.1) is 0 Å². The summed E-state index contributed by atoms with van der Waals surface area (Å²) in [5, 5.41) is 15.6. The van der Waals surface area contributed by atoms with Crippen molar-refractivity contribution in [2.45, 2.75) is 25.8 Å². The highest BCUT2D eigenvalue weighted by Gasteiger charge is 2.10. The summed E-state index contributed by atoms with van der Waals surface area (Å²) >= 11 is 0. The summed E-state index contributed by atoms with van der Waals surface area (Å²) in [5.74, 6) is -2.51. The molecule has 0 saturated heterocycles. The third-order valence-corrected chi connectivity index (χ3v) is 1.87. The van der Waals surface area contributed by atoms with E-state index in [1.165, 1.54) is 5.56 Å². The maximum atomic E-state index is 9.55. The van der Waals surface area contributed by atoms with Crippen molar-refractivity contribution >= 4 is 11.9 Å². The van der Waals surface area contributed by atoms with Gasteiger partial charge in [-0.15, -0.1) is 0 Å². The van der Waals surface area contributed by atoms with Crippen LogP contribution in [-0.2, 0) is 16.0 Å². The van der Waals surface area contributed by atoms with Gasteiger partial charge >= 0.3 is 11.9 Å². The van der Waals surface area contributed by atoms with Crippen LogP contribution in [0.5, 0.6) is 0 Å². The van der Waals surface area contributed by atoms with Crippen LogP contribution in [0.15, 0.2) is 42.5 Å². The topological polar surface area (TPSA) is 101 Å². The summed E-state index contributed by atoms with van der Waals surface area (Å²) in [6.07, 6.45) is 2.05. The molecular weight excluding hydrogens is 246 g/mol. The molecule has 0 saturated carbocycles. The Kier molecular flexibility index (Phi) is 7.14. The third kappa shape index (κ3) is 12.1. The minimum atomic E-state index is -1.26. The van der Waals surface area contributed by atoms with Gasteiger partial charge in [-0.2, -0.15) is 0 Å². The van der Waals surface area contributed by atoms with E-state index >= 15 is 0 Å². The lowest BCUT2D eigenvalue weighted by atomic mass is 9.96. The fourth-order valence-corrected chi connectivity index (χ4v) is 1.26. The maximum Gasteiger partial charge on any atom is 0.328 e. The van der Waals surface area contributed by atoms with E-state index in [1.807, 2.05) is 32.0 Å². The number of carboxylic acid groups (broad SMARTS) is 2. The van der Waals surface area contributed by atoms with Crippen molar-refractivity contribution in [3.8, 4) is 0 Å². The zero-order chi connectivity index (χ0) is 14.9. The third-order valence-electron chi connectivity index (χ3n) is 1.87. The van der Waals surface area contributed by atoms with Crippen molar-refractivity contribution in [2.75, 3.05) is 0 Å². The highest BCUT2D eigenvalue weighted by molar-refractivity contribution is 5.89. The van der Waals surface area contributed by atoms with E-state index in [0.29, 0.717) is 12.2 Å². The van der Waals surface area contributed by atoms with Crippen molar-refractivity contribution in [1.29, 1.82) is 0 Å². The van der Waals surface area contributed by atoms with Crippen LogP contribution in [0.25, 0.3) is 0 Å². The fourth-order valence-electron chi connectivity index (χ4n) is 1.26. The lowest BCUT2D eigenvalue weighted by Crippen LogP contribution is -2.34. The first-order chi connectivity index (χ1) is 8.70. The van der Waals surface area contributed by atoms with Gasteiger partial charge in [-0.05, 0) is 25.8 Å². The standard InChI is InChI=1S/C10H15N.C4H4O4/c1-10(2,11)8-9-6-4-3-5-7-9;5-3(6)1-2-4(7)8/h3-7H,8,11H2,1-2H3;1-2H,(H,5,6)(H,7,8). The van der Waals surface area contributed by atoms with Gasteiger partial charge in [0.1, 0.15) is 0 Å². The summed E-state index contributed by atoms with van der Waals surface area (Å²) < 4.78 is 0. The monoisotopic (exact) mass is 265 g/mol. The van der Waals surface area contributed by atoms with E-state index in [2.05, 4.69) is 12.1 Å². The van der Waals surface area contributed by atoms with Crippen molar-refractivity contribution in [3.63, 3.8) is 0 Å². The Morgan fingerprint density at radius 1 is 1.11 bits per heavy atom. The molecule has 19 heavy (non-hydrogen) atoms. The first-order valence-corrected chi connectivity index (χ1v) is 5.67. The number of hydrogen-bond donors (Lipinski definition) is 3. The summed E-state index contributed by atoms with van der Waals surface area (Å²) in [7, 11) is 0. The molecule has 0 fully saturated rings. The number of carboxylic acids is 2. The van der Waals surface area contributed by atoms with E-state index in [4.69, 9.17) is 15.9 Å². The molecular formula is C14H19NO4. The SMILES string of the molecule is CC(C)(N)Cc1ccccc1.O=C(O)C=CC(=O)O. The minimum Gasteiger partial charge on any atom is -0.478 e. The lowest BCUT2D eigenvalue weighted by molar-refractivity contribution is -0.134. The van der Waals surface area contributed by atoms with E-state index < -0.39 is 11.9 Å². The van der Waals surface area contributed by atoms with Gasteiger partial charge in [0.15, 0.2) is 0 Å². The second-order valence-corrected chi connectivity index (χ2v) is 4.66. The van der Waals surface area contributed by atoms with Crippen molar-refractivity contribution in [1.82, 2.24) is 0 Å². The van der Waals surface area contributed by atoms with E-state index in [-0.39, 0.29) is 5.54 Å². The molecule has 4 N–H and O–H groups in total. The fraction of sp³-hybridized carbons (Fsp3) is 0.286. The first-order valence-electron chi connectivity index (χ1n) is 5.67. The van der Waals surface area contributed by atoms with Crippen LogP contribution in [0.4, 0.5) is 0 Å². The van der Waals surface area contributed by atoms with Gasteiger partial charge in [-0.1, -0.05) is 30.3 Å². The molecule has 0 spiro atoms. The summed E-state index contributed by atoms with van der Waals surface area (Å²) in [5.41, 5.74) is 7.08. The van der Waals surface area contributed by atoms with E-state index in [0.717, 1.165) is 6.42 Å². The second kappa shape index (κ2) is 8.05. The number of nitrogens with two attached hydrogens (primary N) is 1. The molecule has 0 aliphatic rings. The van der Waals surface area contributed by atoms with E-state index in [1.54, 1.807) is 0 Å². The predicted octanol–water partition coefficient (Wildman–Crippen LogP) is 1.68. The first kappa shape index (κ1) is 16.9. The average molecular weight is 265 g/mol. The number of hydrogen-bond acceptors (Lipinski definition) is 3. The Morgan fingerprint density at radius 2 is 1.53 bits per heavy atom. The zero-order valence-electron chi connectivity index (χ0n) is 11.0. The lowest BCUT2D eigenvalue weighted by Gasteiger charge is -2.17. The molecule has 0 aliphatic heterocycles.